The summed E-state index contributed by atoms with van der Waals surface area (Å²) in [5, 5.41) is 2.34. The minimum Gasteiger partial charge on any atom is -0.493 e. The number of carbonyl (C=O) groups excluding carboxylic acids is 2. The molecule has 0 aliphatic rings. The predicted octanol–water partition coefficient (Wildman–Crippen LogP) is 3.51. The minimum absolute atomic E-state index is 0.0248. The molecule has 166 valence electrons. The van der Waals surface area contributed by atoms with Gasteiger partial charge in [0, 0.05) is 6.08 Å². The van der Waals surface area contributed by atoms with Crippen LogP contribution in [0.1, 0.15) is 5.56 Å². The van der Waals surface area contributed by atoms with Crippen LogP contribution in [0.25, 0.3) is 6.08 Å². The fourth-order valence-electron chi connectivity index (χ4n) is 2.50. The molecule has 31 heavy (non-hydrogen) atoms. The number of halogens is 2. The molecule has 1 amide bonds. The van der Waals surface area contributed by atoms with Gasteiger partial charge in [0.2, 0.25) is 5.75 Å². The van der Waals surface area contributed by atoms with Gasteiger partial charge < -0.3 is 29.0 Å². The highest BCUT2D eigenvalue weighted by atomic mass is 19.3. The van der Waals surface area contributed by atoms with Gasteiger partial charge in [0.25, 0.3) is 5.91 Å². The summed E-state index contributed by atoms with van der Waals surface area (Å²) in [5.74, 6) is -0.518. The highest BCUT2D eigenvalue weighted by molar-refractivity contribution is 5.95. The third-order valence-corrected chi connectivity index (χ3v) is 3.82. The summed E-state index contributed by atoms with van der Waals surface area (Å²) < 4.78 is 49.7. The van der Waals surface area contributed by atoms with Crippen molar-refractivity contribution in [3.63, 3.8) is 0 Å². The van der Waals surface area contributed by atoms with Gasteiger partial charge in [0.1, 0.15) is 5.75 Å². The van der Waals surface area contributed by atoms with E-state index in [-0.39, 0.29) is 11.4 Å². The summed E-state index contributed by atoms with van der Waals surface area (Å²) in [5.41, 5.74) is 0.589. The molecule has 10 heteroatoms. The Kier molecular flexibility index (Phi) is 8.62. The van der Waals surface area contributed by atoms with Crippen molar-refractivity contribution in [3.8, 4) is 23.0 Å². The molecule has 0 saturated carbocycles. The number of nitrogens with one attached hydrogen (secondary N) is 1. The molecule has 2 aromatic rings. The molecule has 2 aromatic carbocycles. The second-order valence-corrected chi connectivity index (χ2v) is 5.82. The fraction of sp³-hybridized carbons (Fsp3) is 0.238. The van der Waals surface area contributed by atoms with Crippen LogP contribution in [0.3, 0.4) is 0 Å². The second kappa shape index (κ2) is 11.4. The van der Waals surface area contributed by atoms with E-state index >= 15 is 0 Å². The van der Waals surface area contributed by atoms with Crippen molar-refractivity contribution in [2.75, 3.05) is 33.3 Å². The van der Waals surface area contributed by atoms with E-state index in [1.54, 1.807) is 12.1 Å². The van der Waals surface area contributed by atoms with Gasteiger partial charge in [-0.2, -0.15) is 8.78 Å². The number of para-hydroxylation sites is 2. The van der Waals surface area contributed by atoms with Crippen molar-refractivity contribution in [2.45, 2.75) is 6.61 Å². The molecule has 0 aromatic heterocycles. The van der Waals surface area contributed by atoms with Crippen molar-refractivity contribution < 1.29 is 42.1 Å². The van der Waals surface area contributed by atoms with Gasteiger partial charge in [-0.25, -0.2) is 4.79 Å². The average molecular weight is 437 g/mol. The first-order valence-electron chi connectivity index (χ1n) is 8.86. The molecule has 8 nitrogen and oxygen atoms in total. The average Bonchev–Trinajstić information content (AvgIpc) is 2.76. The Morgan fingerprint density at radius 1 is 1.00 bits per heavy atom. The smallest absolute Gasteiger partial charge is 0.387 e. The van der Waals surface area contributed by atoms with Gasteiger partial charge >= 0.3 is 12.6 Å². The molecular formula is C21H21F2NO7. The van der Waals surface area contributed by atoms with E-state index in [1.165, 1.54) is 51.7 Å². The van der Waals surface area contributed by atoms with Crippen LogP contribution in [0.5, 0.6) is 23.0 Å². The maximum atomic E-state index is 12.4. The summed E-state index contributed by atoms with van der Waals surface area (Å²) >= 11 is 0. The maximum Gasteiger partial charge on any atom is 0.387 e. The predicted molar refractivity (Wildman–Crippen MR) is 108 cm³/mol. The first kappa shape index (κ1) is 23.5. The number of methoxy groups -OCH3 is 3. The van der Waals surface area contributed by atoms with Crippen molar-refractivity contribution >= 4 is 23.6 Å². The number of esters is 1. The molecule has 2 rings (SSSR count). The molecule has 0 aliphatic carbocycles. The number of anilines is 1. The molecule has 0 saturated heterocycles. The van der Waals surface area contributed by atoms with Crippen molar-refractivity contribution in [1.29, 1.82) is 0 Å². The van der Waals surface area contributed by atoms with Gasteiger partial charge in [0.05, 0.1) is 27.0 Å². The lowest BCUT2D eigenvalue weighted by Crippen LogP contribution is -2.20. The van der Waals surface area contributed by atoms with Crippen LogP contribution in [-0.2, 0) is 14.3 Å². The number of ether oxygens (including phenoxy) is 5. The number of carbonyl (C=O) groups is 2. The Morgan fingerprint density at radius 2 is 1.65 bits per heavy atom. The van der Waals surface area contributed by atoms with E-state index in [4.69, 9.17) is 18.9 Å². The summed E-state index contributed by atoms with van der Waals surface area (Å²) in [6.07, 6.45) is 2.55. The number of hydrogen-bond acceptors (Lipinski definition) is 7. The molecule has 0 unspecified atom stereocenters. The SMILES string of the molecule is COc1cc(C=CC(=O)OCC(=O)Nc2ccccc2OC(F)F)cc(OC)c1OC. The lowest BCUT2D eigenvalue weighted by atomic mass is 10.1. The van der Waals surface area contributed by atoms with Crippen LogP contribution in [0.2, 0.25) is 0 Å². The quantitative estimate of drug-likeness (QED) is 0.449. The Balaban J connectivity index is 1.97. The topological polar surface area (TPSA) is 92.3 Å². The van der Waals surface area contributed by atoms with Gasteiger partial charge in [0.15, 0.2) is 18.1 Å². The van der Waals surface area contributed by atoms with E-state index in [0.717, 1.165) is 6.08 Å². The summed E-state index contributed by atoms with van der Waals surface area (Å²) in [6.45, 7) is -3.67. The first-order valence-corrected chi connectivity index (χ1v) is 8.86. The number of rotatable bonds is 10. The van der Waals surface area contributed by atoms with Crippen LogP contribution in [-0.4, -0.2) is 46.4 Å². The molecule has 0 fully saturated rings. The lowest BCUT2D eigenvalue weighted by molar-refractivity contribution is -0.142. The Morgan fingerprint density at radius 3 is 2.23 bits per heavy atom. The van der Waals surface area contributed by atoms with E-state index in [9.17, 15) is 18.4 Å². The summed E-state index contributed by atoms with van der Waals surface area (Å²) in [4.78, 5) is 23.9. The van der Waals surface area contributed by atoms with Crippen LogP contribution in [0, 0.1) is 0 Å². The van der Waals surface area contributed by atoms with E-state index in [0.29, 0.717) is 22.8 Å². The Hall–Kier alpha value is -3.82. The van der Waals surface area contributed by atoms with Crippen molar-refractivity contribution in [1.82, 2.24) is 0 Å². The monoisotopic (exact) mass is 437 g/mol. The van der Waals surface area contributed by atoms with E-state index < -0.39 is 25.1 Å². The fourth-order valence-corrected chi connectivity index (χ4v) is 2.50. The van der Waals surface area contributed by atoms with Crippen LogP contribution in [0.15, 0.2) is 42.5 Å². The Labute approximate surface area is 177 Å². The third kappa shape index (κ3) is 6.88. The minimum atomic E-state index is -3.05. The molecule has 0 heterocycles. The zero-order valence-corrected chi connectivity index (χ0v) is 17.0. The zero-order valence-electron chi connectivity index (χ0n) is 17.0. The third-order valence-electron chi connectivity index (χ3n) is 3.82. The highest BCUT2D eigenvalue weighted by Gasteiger charge is 2.14. The summed E-state index contributed by atoms with van der Waals surface area (Å²) in [6, 6.07) is 8.90. The van der Waals surface area contributed by atoms with Gasteiger partial charge in [-0.05, 0) is 35.9 Å². The molecule has 0 spiro atoms. The lowest BCUT2D eigenvalue weighted by Gasteiger charge is -2.12. The highest BCUT2D eigenvalue weighted by Crippen LogP contribution is 2.38. The number of alkyl halides is 2. The van der Waals surface area contributed by atoms with Gasteiger partial charge in [-0.1, -0.05) is 12.1 Å². The zero-order chi connectivity index (χ0) is 22.8. The van der Waals surface area contributed by atoms with Gasteiger partial charge in [-0.15, -0.1) is 0 Å². The molecule has 0 atom stereocenters. The molecule has 0 aliphatic heterocycles. The van der Waals surface area contributed by atoms with Gasteiger partial charge in [-0.3, -0.25) is 4.79 Å². The maximum absolute atomic E-state index is 12.4. The molecule has 1 N–H and O–H groups in total. The van der Waals surface area contributed by atoms with Crippen LogP contribution in [0.4, 0.5) is 14.5 Å². The first-order chi connectivity index (χ1) is 14.9. The van der Waals surface area contributed by atoms with E-state index in [2.05, 4.69) is 10.1 Å². The van der Waals surface area contributed by atoms with Crippen LogP contribution < -0.4 is 24.3 Å². The summed E-state index contributed by atoms with van der Waals surface area (Å²) in [7, 11) is 4.39. The standard InChI is InChI=1S/C21H21F2NO7/c1-27-16-10-13(11-17(28-2)20(16)29-3)8-9-19(26)30-12-18(25)24-14-6-4-5-7-15(14)31-21(22)23/h4-11,21H,12H2,1-3H3,(H,24,25). The Bertz CT molecular complexity index is 922. The van der Waals surface area contributed by atoms with Crippen LogP contribution >= 0.6 is 0 Å². The van der Waals surface area contributed by atoms with E-state index in [1.807, 2.05) is 0 Å². The molecule has 0 radical (unpaired) electrons. The second-order valence-electron chi connectivity index (χ2n) is 5.82. The van der Waals surface area contributed by atoms with Crippen molar-refractivity contribution in [2.24, 2.45) is 0 Å². The van der Waals surface area contributed by atoms with Crippen molar-refractivity contribution in [3.05, 3.63) is 48.0 Å². The molecular weight excluding hydrogens is 416 g/mol. The largest absolute Gasteiger partial charge is 0.493 e. The number of hydrogen-bond donors (Lipinski definition) is 1. The molecule has 0 bridgehead atoms. The number of amides is 1. The number of benzene rings is 2. The normalized spacial score (nSPS) is 10.6.